The number of rotatable bonds is 4. The number of benzene rings is 1. The second-order valence-corrected chi connectivity index (χ2v) is 3.30. The van der Waals surface area contributed by atoms with Crippen molar-refractivity contribution in [2.75, 3.05) is 25.1 Å². The molecule has 14 heavy (non-hydrogen) atoms. The molecular weight excluding hydrogens is 174 g/mol. The van der Waals surface area contributed by atoms with E-state index in [9.17, 15) is 0 Å². The van der Waals surface area contributed by atoms with Crippen LogP contribution in [0.3, 0.4) is 0 Å². The molecule has 0 atom stereocenters. The number of aryl methyl sites for hydroxylation is 1. The fraction of sp³-hybridized carbons (Fsp3) is 0.500. The quantitative estimate of drug-likeness (QED) is 0.729. The Morgan fingerprint density at radius 1 is 1.21 bits per heavy atom. The maximum Gasteiger partial charge on any atom is 0.145 e. The molecular formula is C12H19NO. The van der Waals surface area contributed by atoms with Gasteiger partial charge in [-0.15, -0.1) is 0 Å². The molecule has 1 aromatic carbocycles. The fourth-order valence-electron chi connectivity index (χ4n) is 1.72. The van der Waals surface area contributed by atoms with Crippen molar-refractivity contribution < 1.29 is 4.74 Å². The number of nitrogens with zero attached hydrogens (tertiary/aromatic N) is 1. The summed E-state index contributed by atoms with van der Waals surface area (Å²) in [4.78, 5) is 2.30. The summed E-state index contributed by atoms with van der Waals surface area (Å²) in [5.41, 5.74) is 2.38. The van der Waals surface area contributed by atoms with Crippen molar-refractivity contribution in [2.24, 2.45) is 0 Å². The fourth-order valence-corrected chi connectivity index (χ4v) is 1.72. The number of methoxy groups -OCH3 is 1. The van der Waals surface area contributed by atoms with E-state index in [1.54, 1.807) is 7.11 Å². The molecule has 78 valence electrons. The van der Waals surface area contributed by atoms with Crippen molar-refractivity contribution in [1.29, 1.82) is 0 Å². The zero-order valence-corrected chi connectivity index (χ0v) is 9.50. The van der Waals surface area contributed by atoms with E-state index in [1.165, 1.54) is 11.3 Å². The van der Waals surface area contributed by atoms with E-state index in [1.807, 2.05) is 0 Å². The lowest BCUT2D eigenvalue weighted by molar-refractivity contribution is 0.411. The minimum atomic E-state index is 0.996. The lowest BCUT2D eigenvalue weighted by Gasteiger charge is -2.24. The first-order valence-electron chi connectivity index (χ1n) is 5.13. The van der Waals surface area contributed by atoms with Gasteiger partial charge in [0.25, 0.3) is 0 Å². The normalized spacial score (nSPS) is 10.0. The molecule has 0 amide bonds. The summed E-state index contributed by atoms with van der Waals surface area (Å²) in [5, 5.41) is 0. The Balaban J connectivity index is 3.11. The number of hydrogen-bond donors (Lipinski definition) is 0. The SMILES string of the molecule is CCN(CC)c1cccc(C)c1OC. The average Bonchev–Trinajstić information content (AvgIpc) is 2.20. The third-order valence-electron chi connectivity index (χ3n) is 2.50. The van der Waals surface area contributed by atoms with Gasteiger partial charge in [-0.2, -0.15) is 0 Å². The van der Waals surface area contributed by atoms with Gasteiger partial charge in [0.1, 0.15) is 5.75 Å². The van der Waals surface area contributed by atoms with Crippen molar-refractivity contribution in [1.82, 2.24) is 0 Å². The molecule has 0 aliphatic heterocycles. The minimum Gasteiger partial charge on any atom is -0.494 e. The summed E-state index contributed by atoms with van der Waals surface area (Å²) >= 11 is 0. The molecule has 2 nitrogen and oxygen atoms in total. The van der Waals surface area contributed by atoms with E-state index in [-0.39, 0.29) is 0 Å². The van der Waals surface area contributed by atoms with E-state index in [4.69, 9.17) is 4.74 Å². The van der Waals surface area contributed by atoms with Crippen molar-refractivity contribution in [3.05, 3.63) is 23.8 Å². The summed E-state index contributed by atoms with van der Waals surface area (Å²) in [6, 6.07) is 6.26. The van der Waals surface area contributed by atoms with E-state index < -0.39 is 0 Å². The summed E-state index contributed by atoms with van der Waals surface area (Å²) in [6.07, 6.45) is 0. The number of anilines is 1. The second kappa shape index (κ2) is 4.89. The van der Waals surface area contributed by atoms with Crippen LogP contribution in [-0.4, -0.2) is 20.2 Å². The van der Waals surface area contributed by atoms with E-state index >= 15 is 0 Å². The van der Waals surface area contributed by atoms with Crippen LogP contribution in [-0.2, 0) is 0 Å². The zero-order valence-electron chi connectivity index (χ0n) is 9.50. The zero-order chi connectivity index (χ0) is 10.6. The number of hydrogen-bond acceptors (Lipinski definition) is 2. The largest absolute Gasteiger partial charge is 0.494 e. The molecule has 0 heterocycles. The highest BCUT2D eigenvalue weighted by Gasteiger charge is 2.09. The Labute approximate surface area is 86.5 Å². The molecule has 0 unspecified atom stereocenters. The van der Waals surface area contributed by atoms with Crippen molar-refractivity contribution in [2.45, 2.75) is 20.8 Å². The van der Waals surface area contributed by atoms with E-state index in [0.29, 0.717) is 0 Å². The van der Waals surface area contributed by atoms with Crippen LogP contribution < -0.4 is 9.64 Å². The van der Waals surface area contributed by atoms with Crippen LogP contribution in [0.1, 0.15) is 19.4 Å². The summed E-state index contributed by atoms with van der Waals surface area (Å²) < 4.78 is 5.42. The summed E-state index contributed by atoms with van der Waals surface area (Å²) in [7, 11) is 1.73. The predicted octanol–water partition coefficient (Wildman–Crippen LogP) is 2.85. The van der Waals surface area contributed by atoms with Gasteiger partial charge in [0.15, 0.2) is 0 Å². The van der Waals surface area contributed by atoms with Crippen LogP contribution in [0.25, 0.3) is 0 Å². The number of para-hydroxylation sites is 1. The minimum absolute atomic E-state index is 0.996. The molecule has 0 spiro atoms. The van der Waals surface area contributed by atoms with E-state index in [2.05, 4.69) is 43.9 Å². The van der Waals surface area contributed by atoms with Gasteiger partial charge in [0.05, 0.1) is 12.8 Å². The molecule has 0 bridgehead atoms. The van der Waals surface area contributed by atoms with Gasteiger partial charge in [-0.05, 0) is 32.4 Å². The Kier molecular flexibility index (Phi) is 3.81. The van der Waals surface area contributed by atoms with Crippen molar-refractivity contribution in [3.8, 4) is 5.75 Å². The van der Waals surface area contributed by atoms with Gasteiger partial charge >= 0.3 is 0 Å². The maximum absolute atomic E-state index is 5.42. The molecule has 0 saturated carbocycles. The maximum atomic E-state index is 5.42. The van der Waals surface area contributed by atoms with Crippen LogP contribution in [0.5, 0.6) is 5.75 Å². The summed E-state index contributed by atoms with van der Waals surface area (Å²) in [6.45, 7) is 8.41. The van der Waals surface area contributed by atoms with Gasteiger partial charge in [-0.3, -0.25) is 0 Å². The smallest absolute Gasteiger partial charge is 0.145 e. The molecule has 0 aromatic heterocycles. The highest BCUT2D eigenvalue weighted by atomic mass is 16.5. The molecule has 0 aliphatic rings. The monoisotopic (exact) mass is 193 g/mol. The van der Waals surface area contributed by atoms with Gasteiger partial charge in [-0.1, -0.05) is 12.1 Å². The molecule has 0 fully saturated rings. The predicted molar refractivity (Wildman–Crippen MR) is 61.3 cm³/mol. The highest BCUT2D eigenvalue weighted by Crippen LogP contribution is 2.30. The van der Waals surface area contributed by atoms with Crippen molar-refractivity contribution in [3.63, 3.8) is 0 Å². The van der Waals surface area contributed by atoms with Crippen LogP contribution in [0.15, 0.2) is 18.2 Å². The van der Waals surface area contributed by atoms with Crippen molar-refractivity contribution >= 4 is 5.69 Å². The highest BCUT2D eigenvalue weighted by molar-refractivity contribution is 5.61. The molecule has 0 N–H and O–H groups in total. The Morgan fingerprint density at radius 2 is 1.86 bits per heavy atom. The standard InChI is InChI=1S/C12H19NO/c1-5-13(6-2)11-9-7-8-10(3)12(11)14-4/h7-9H,5-6H2,1-4H3. The third kappa shape index (κ3) is 2.00. The second-order valence-electron chi connectivity index (χ2n) is 3.30. The Morgan fingerprint density at radius 3 is 2.36 bits per heavy atom. The van der Waals surface area contributed by atoms with E-state index in [0.717, 1.165) is 18.8 Å². The Bertz CT molecular complexity index is 292. The van der Waals surface area contributed by atoms with Gasteiger partial charge in [0.2, 0.25) is 0 Å². The van der Waals surface area contributed by atoms with Crippen LogP contribution in [0.4, 0.5) is 5.69 Å². The Hall–Kier alpha value is -1.18. The van der Waals surface area contributed by atoms with Crippen LogP contribution in [0.2, 0.25) is 0 Å². The average molecular weight is 193 g/mol. The molecule has 0 saturated heterocycles. The van der Waals surface area contributed by atoms with Gasteiger partial charge < -0.3 is 9.64 Å². The third-order valence-corrected chi connectivity index (χ3v) is 2.50. The topological polar surface area (TPSA) is 12.5 Å². The lowest BCUT2D eigenvalue weighted by Crippen LogP contribution is -2.22. The first kappa shape index (κ1) is 10.9. The lowest BCUT2D eigenvalue weighted by atomic mass is 10.1. The van der Waals surface area contributed by atoms with Gasteiger partial charge in [-0.25, -0.2) is 0 Å². The van der Waals surface area contributed by atoms with Crippen LogP contribution in [0, 0.1) is 6.92 Å². The van der Waals surface area contributed by atoms with Gasteiger partial charge in [0, 0.05) is 13.1 Å². The number of ether oxygens (including phenoxy) is 1. The molecule has 0 radical (unpaired) electrons. The molecule has 1 rings (SSSR count). The molecule has 2 heteroatoms. The first-order chi connectivity index (χ1) is 6.74. The summed E-state index contributed by atoms with van der Waals surface area (Å²) in [5.74, 6) is 0.996. The molecule has 0 aliphatic carbocycles. The first-order valence-corrected chi connectivity index (χ1v) is 5.13. The molecule has 1 aromatic rings. The van der Waals surface area contributed by atoms with Crippen LogP contribution >= 0.6 is 0 Å².